The van der Waals surface area contributed by atoms with Crippen LogP contribution in [0.15, 0.2) is 76.6 Å². The molecule has 4 rings (SSSR count). The van der Waals surface area contributed by atoms with Crippen molar-refractivity contribution in [2.45, 2.75) is 20.5 Å². The molecule has 3 aromatic rings. The van der Waals surface area contributed by atoms with Gasteiger partial charge in [-0.3, -0.25) is 9.69 Å². The van der Waals surface area contributed by atoms with Gasteiger partial charge in [0.25, 0.3) is 5.91 Å². The number of amides is 1. The maximum absolute atomic E-state index is 14.0. The van der Waals surface area contributed by atoms with Crippen molar-refractivity contribution in [2.75, 3.05) is 13.2 Å². The number of aromatic carboxylic acids is 1. The van der Waals surface area contributed by atoms with Crippen molar-refractivity contribution < 1.29 is 28.6 Å². The van der Waals surface area contributed by atoms with Gasteiger partial charge in [-0.2, -0.15) is 0 Å². The van der Waals surface area contributed by atoms with Gasteiger partial charge in [0.1, 0.15) is 12.4 Å². The molecule has 0 spiro atoms. The average molecular weight is 521 g/mol. The van der Waals surface area contributed by atoms with E-state index in [1.54, 1.807) is 59.5 Å². The third-order valence-corrected chi connectivity index (χ3v) is 6.46. The highest BCUT2D eigenvalue weighted by Crippen LogP contribution is 2.36. The molecule has 1 heterocycles. The van der Waals surface area contributed by atoms with E-state index in [-0.39, 0.29) is 23.9 Å². The molecule has 0 aliphatic carbocycles. The number of carboxylic acids is 1. The molecule has 1 aliphatic rings. The Morgan fingerprint density at radius 1 is 1.05 bits per heavy atom. The zero-order chi connectivity index (χ0) is 26.4. The Morgan fingerprint density at radius 3 is 2.49 bits per heavy atom. The number of carboxylic acid groups (broad SMARTS) is 1. The number of carbonyl (C=O) groups is 2. The van der Waals surface area contributed by atoms with Crippen LogP contribution in [-0.4, -0.2) is 40.2 Å². The molecule has 1 saturated heterocycles. The number of benzene rings is 3. The lowest BCUT2D eigenvalue weighted by Gasteiger charge is -2.13. The molecule has 0 atom stereocenters. The lowest BCUT2D eigenvalue weighted by Crippen LogP contribution is -2.28. The minimum absolute atomic E-state index is 0.0558. The number of aliphatic imine (C=N–C) groups is 1. The molecule has 9 heteroatoms. The Hall–Kier alpha value is -4.11. The number of nitrogens with zero attached hydrogens (tertiary/aromatic N) is 2. The summed E-state index contributed by atoms with van der Waals surface area (Å²) in [6, 6.07) is 17.9. The Morgan fingerprint density at radius 2 is 1.81 bits per heavy atom. The number of hydrogen-bond donors (Lipinski definition) is 1. The van der Waals surface area contributed by atoms with Crippen LogP contribution in [0.25, 0.3) is 6.08 Å². The fourth-order valence-electron chi connectivity index (χ4n) is 3.58. The van der Waals surface area contributed by atoms with Crippen molar-refractivity contribution in [2.24, 2.45) is 4.99 Å². The van der Waals surface area contributed by atoms with Crippen LogP contribution in [0.2, 0.25) is 0 Å². The summed E-state index contributed by atoms with van der Waals surface area (Å²) in [6.07, 6.45) is 1.76. The molecule has 3 aromatic carbocycles. The van der Waals surface area contributed by atoms with Crippen molar-refractivity contribution in [3.05, 3.63) is 94.1 Å². The smallest absolute Gasteiger partial charge is 0.335 e. The van der Waals surface area contributed by atoms with Gasteiger partial charge in [0.2, 0.25) is 0 Å². The molecular formula is C28H25FN2O5S. The van der Waals surface area contributed by atoms with E-state index in [0.717, 1.165) is 5.56 Å². The maximum Gasteiger partial charge on any atom is 0.335 e. The Kier molecular flexibility index (Phi) is 8.25. The number of carbonyl (C=O) groups excluding carboxylic acids is 1. The number of ether oxygens (including phenoxy) is 2. The first-order valence-corrected chi connectivity index (χ1v) is 12.5. The summed E-state index contributed by atoms with van der Waals surface area (Å²) in [4.78, 5) is 30.7. The number of likely N-dealkylation sites (N-methyl/N-ethyl adjacent to an activating group) is 1. The van der Waals surface area contributed by atoms with E-state index in [2.05, 4.69) is 4.99 Å². The summed E-state index contributed by atoms with van der Waals surface area (Å²) >= 11 is 1.24. The van der Waals surface area contributed by atoms with Gasteiger partial charge < -0.3 is 14.6 Å². The summed E-state index contributed by atoms with van der Waals surface area (Å²) in [5, 5.41) is 9.59. The molecule has 0 bridgehead atoms. The van der Waals surface area contributed by atoms with Gasteiger partial charge in [-0.25, -0.2) is 14.2 Å². The SMILES string of the molecule is CCOc1cc(/C=C2\SC(=Nc3ccc(C(=O)O)cc3)N(CC)C2=O)ccc1OCc1ccccc1F. The first-order chi connectivity index (χ1) is 17.9. The molecular weight excluding hydrogens is 495 g/mol. The lowest BCUT2D eigenvalue weighted by atomic mass is 10.1. The van der Waals surface area contributed by atoms with Crippen LogP contribution in [0.1, 0.15) is 35.3 Å². The van der Waals surface area contributed by atoms with E-state index in [9.17, 15) is 14.0 Å². The van der Waals surface area contributed by atoms with Crippen LogP contribution < -0.4 is 9.47 Å². The third kappa shape index (κ3) is 6.18. The van der Waals surface area contributed by atoms with Crippen molar-refractivity contribution >= 4 is 40.6 Å². The summed E-state index contributed by atoms with van der Waals surface area (Å²) in [7, 11) is 0. The van der Waals surface area contributed by atoms with E-state index in [1.807, 2.05) is 13.8 Å². The van der Waals surface area contributed by atoms with Gasteiger partial charge in [-0.15, -0.1) is 0 Å². The number of hydrogen-bond acceptors (Lipinski definition) is 6. The van der Waals surface area contributed by atoms with Crippen LogP contribution in [0.4, 0.5) is 10.1 Å². The molecule has 190 valence electrons. The van der Waals surface area contributed by atoms with Crippen molar-refractivity contribution in [3.63, 3.8) is 0 Å². The molecule has 1 fully saturated rings. The third-order valence-electron chi connectivity index (χ3n) is 5.45. The van der Waals surface area contributed by atoms with Gasteiger partial charge in [0.05, 0.1) is 22.8 Å². The van der Waals surface area contributed by atoms with E-state index >= 15 is 0 Å². The number of rotatable bonds is 9. The van der Waals surface area contributed by atoms with Crippen LogP contribution >= 0.6 is 11.8 Å². The number of halogens is 1. The fraction of sp³-hybridized carbons (Fsp3) is 0.179. The monoisotopic (exact) mass is 520 g/mol. The van der Waals surface area contributed by atoms with E-state index in [4.69, 9.17) is 14.6 Å². The van der Waals surface area contributed by atoms with Gasteiger partial charge in [0, 0.05) is 12.1 Å². The highest BCUT2D eigenvalue weighted by Gasteiger charge is 2.32. The van der Waals surface area contributed by atoms with Gasteiger partial charge in [-0.1, -0.05) is 24.3 Å². The highest BCUT2D eigenvalue weighted by molar-refractivity contribution is 8.18. The van der Waals surface area contributed by atoms with E-state index in [0.29, 0.717) is 46.0 Å². The van der Waals surface area contributed by atoms with Crippen LogP contribution in [-0.2, 0) is 11.4 Å². The first kappa shape index (κ1) is 26.0. The maximum atomic E-state index is 14.0. The zero-order valence-corrected chi connectivity index (χ0v) is 21.1. The van der Waals surface area contributed by atoms with E-state index < -0.39 is 5.97 Å². The molecule has 37 heavy (non-hydrogen) atoms. The second kappa shape index (κ2) is 11.7. The van der Waals surface area contributed by atoms with Crippen LogP contribution in [0.5, 0.6) is 11.5 Å². The Balaban J connectivity index is 1.56. The molecule has 0 aromatic heterocycles. The number of amidine groups is 1. The zero-order valence-electron chi connectivity index (χ0n) is 20.3. The molecule has 1 aliphatic heterocycles. The van der Waals surface area contributed by atoms with Crippen molar-refractivity contribution in [1.82, 2.24) is 4.90 Å². The molecule has 0 unspecified atom stereocenters. The summed E-state index contributed by atoms with van der Waals surface area (Å²) in [5.74, 6) is -0.566. The first-order valence-electron chi connectivity index (χ1n) is 11.7. The predicted octanol–water partition coefficient (Wildman–Crippen LogP) is 6.13. The van der Waals surface area contributed by atoms with Crippen LogP contribution in [0.3, 0.4) is 0 Å². The molecule has 0 radical (unpaired) electrons. The van der Waals surface area contributed by atoms with Crippen molar-refractivity contribution in [3.8, 4) is 11.5 Å². The van der Waals surface area contributed by atoms with Gasteiger partial charge >= 0.3 is 5.97 Å². The minimum Gasteiger partial charge on any atom is -0.490 e. The quantitative estimate of drug-likeness (QED) is 0.342. The molecule has 1 N–H and O–H groups in total. The summed E-state index contributed by atoms with van der Waals surface area (Å²) < 4.78 is 25.5. The molecule has 1 amide bonds. The molecule has 7 nitrogen and oxygen atoms in total. The predicted molar refractivity (Wildman–Crippen MR) is 142 cm³/mol. The largest absolute Gasteiger partial charge is 0.490 e. The Bertz CT molecular complexity index is 1370. The van der Waals surface area contributed by atoms with Gasteiger partial charge in [-0.05, 0) is 79.7 Å². The summed E-state index contributed by atoms with van der Waals surface area (Å²) in [5.41, 5.74) is 1.89. The average Bonchev–Trinajstić information content (AvgIpc) is 3.18. The van der Waals surface area contributed by atoms with Crippen LogP contribution in [0, 0.1) is 5.82 Å². The summed E-state index contributed by atoms with van der Waals surface area (Å²) in [6.45, 7) is 4.61. The van der Waals surface area contributed by atoms with E-state index in [1.165, 1.54) is 30.0 Å². The Labute approximate surface area is 218 Å². The minimum atomic E-state index is -1.01. The standard InChI is InChI=1S/C28H25FN2O5S/c1-3-31-26(32)25(37-28(31)30-21-12-10-19(11-13-21)27(33)34)16-18-9-14-23(24(15-18)35-4-2)36-17-20-7-5-6-8-22(20)29/h5-16H,3-4,17H2,1-2H3,(H,33,34)/b25-16-,30-28?. The highest BCUT2D eigenvalue weighted by atomic mass is 32.2. The number of thioether (sulfide) groups is 1. The van der Waals surface area contributed by atoms with Gasteiger partial charge in [0.15, 0.2) is 16.7 Å². The normalized spacial score (nSPS) is 15.4. The fourth-order valence-corrected chi connectivity index (χ4v) is 4.65. The van der Waals surface area contributed by atoms with Crippen molar-refractivity contribution in [1.29, 1.82) is 0 Å². The second-order valence-electron chi connectivity index (χ2n) is 7.93. The lowest BCUT2D eigenvalue weighted by molar-refractivity contribution is -0.122. The topological polar surface area (TPSA) is 88.4 Å². The molecule has 0 saturated carbocycles. The second-order valence-corrected chi connectivity index (χ2v) is 8.93.